The number of nitrogens with two attached hydrogens (primary N) is 1. The fourth-order valence-corrected chi connectivity index (χ4v) is 2.03. The summed E-state index contributed by atoms with van der Waals surface area (Å²) in [6, 6.07) is 21.4. The Kier molecular flexibility index (Phi) is 4.51. The van der Waals surface area contributed by atoms with E-state index in [1.54, 1.807) is 0 Å². The van der Waals surface area contributed by atoms with Crippen molar-refractivity contribution in [3.63, 3.8) is 0 Å². The van der Waals surface area contributed by atoms with Gasteiger partial charge in [-0.15, -0.1) is 0 Å². The minimum atomic E-state index is 0.200. The highest BCUT2D eigenvalue weighted by Gasteiger charge is 2.15. The molecule has 0 aliphatic rings. The molecule has 2 aromatic rings. The Morgan fingerprint density at radius 3 is 1.72 bits per heavy atom. The lowest BCUT2D eigenvalue weighted by atomic mass is 9.98. The normalized spacial score (nSPS) is 12.6. The minimum absolute atomic E-state index is 0.200. The first kappa shape index (κ1) is 12.8. The second-order valence-corrected chi connectivity index (χ2v) is 4.56. The van der Waals surface area contributed by atoms with Crippen LogP contribution in [0.5, 0.6) is 0 Å². The van der Waals surface area contributed by atoms with Gasteiger partial charge in [0.25, 0.3) is 0 Å². The van der Waals surface area contributed by atoms with Gasteiger partial charge < -0.3 is 11.1 Å². The third-order valence-corrected chi connectivity index (χ3v) is 3.07. The van der Waals surface area contributed by atoms with Crippen molar-refractivity contribution in [1.82, 2.24) is 5.32 Å². The van der Waals surface area contributed by atoms with Crippen LogP contribution < -0.4 is 11.1 Å². The van der Waals surface area contributed by atoms with Crippen LogP contribution in [0.3, 0.4) is 0 Å². The van der Waals surface area contributed by atoms with Gasteiger partial charge in [-0.25, -0.2) is 0 Å². The molecule has 2 heteroatoms. The maximum absolute atomic E-state index is 5.71. The number of hydrogen-bond donors (Lipinski definition) is 2. The molecule has 1 unspecified atom stereocenters. The lowest BCUT2D eigenvalue weighted by Gasteiger charge is -2.23. The van der Waals surface area contributed by atoms with Crippen molar-refractivity contribution in [2.24, 2.45) is 5.73 Å². The number of nitrogens with one attached hydrogen (secondary N) is 1. The zero-order chi connectivity index (χ0) is 12.8. The maximum Gasteiger partial charge on any atom is 0.0579 e. The fourth-order valence-electron chi connectivity index (χ4n) is 2.03. The summed E-state index contributed by atoms with van der Waals surface area (Å²) < 4.78 is 0. The second-order valence-electron chi connectivity index (χ2n) is 4.56. The van der Waals surface area contributed by atoms with Crippen molar-refractivity contribution in [2.45, 2.75) is 19.0 Å². The van der Waals surface area contributed by atoms with Crippen LogP contribution in [0.15, 0.2) is 60.7 Å². The molecule has 94 valence electrons. The monoisotopic (exact) mass is 240 g/mol. The van der Waals surface area contributed by atoms with Crippen molar-refractivity contribution < 1.29 is 0 Å². The zero-order valence-electron chi connectivity index (χ0n) is 10.7. The fraction of sp³-hybridized carbons (Fsp3) is 0.250. The number of benzene rings is 2. The standard InChI is InChI=1S/C16H20N2/c1-13(12-17)18-16(14-8-4-2-5-9-14)15-10-6-3-7-11-15/h2-11,13,16,18H,12,17H2,1H3. The Morgan fingerprint density at radius 1 is 0.889 bits per heavy atom. The molecule has 0 saturated heterocycles. The van der Waals surface area contributed by atoms with Gasteiger partial charge in [-0.2, -0.15) is 0 Å². The van der Waals surface area contributed by atoms with E-state index in [1.165, 1.54) is 11.1 Å². The lowest BCUT2D eigenvalue weighted by Crippen LogP contribution is -2.36. The van der Waals surface area contributed by atoms with Crippen LogP contribution in [0.25, 0.3) is 0 Å². The SMILES string of the molecule is CC(CN)NC(c1ccccc1)c1ccccc1. The highest BCUT2D eigenvalue weighted by Crippen LogP contribution is 2.22. The van der Waals surface area contributed by atoms with Gasteiger partial charge in [0, 0.05) is 12.6 Å². The van der Waals surface area contributed by atoms with Crippen LogP contribution in [0, 0.1) is 0 Å². The molecule has 3 N–H and O–H groups in total. The molecule has 2 nitrogen and oxygen atoms in total. The van der Waals surface area contributed by atoms with Gasteiger partial charge in [0.05, 0.1) is 6.04 Å². The van der Waals surface area contributed by atoms with E-state index in [2.05, 4.69) is 60.8 Å². The van der Waals surface area contributed by atoms with Gasteiger partial charge in [-0.05, 0) is 18.1 Å². The van der Waals surface area contributed by atoms with E-state index in [-0.39, 0.29) is 12.1 Å². The summed E-state index contributed by atoms with van der Waals surface area (Å²) in [4.78, 5) is 0. The molecule has 0 spiro atoms. The predicted octanol–water partition coefficient (Wildman–Crippen LogP) is 2.71. The molecular formula is C16H20N2. The van der Waals surface area contributed by atoms with Crippen LogP contribution in [0.1, 0.15) is 24.1 Å². The van der Waals surface area contributed by atoms with Crippen molar-refractivity contribution in [1.29, 1.82) is 0 Å². The molecule has 2 rings (SSSR count). The van der Waals surface area contributed by atoms with Gasteiger partial charge in [0.15, 0.2) is 0 Å². The summed E-state index contributed by atoms with van der Waals surface area (Å²) in [5, 5.41) is 3.57. The third kappa shape index (κ3) is 3.19. The third-order valence-electron chi connectivity index (χ3n) is 3.07. The second kappa shape index (κ2) is 6.34. The molecule has 0 aliphatic carbocycles. The molecule has 1 atom stereocenters. The molecule has 0 aliphatic heterocycles. The Balaban J connectivity index is 2.29. The Hall–Kier alpha value is -1.64. The first-order valence-corrected chi connectivity index (χ1v) is 6.37. The van der Waals surface area contributed by atoms with Crippen molar-refractivity contribution in [2.75, 3.05) is 6.54 Å². The van der Waals surface area contributed by atoms with Crippen LogP contribution in [-0.2, 0) is 0 Å². The summed E-state index contributed by atoms with van der Waals surface area (Å²) in [6.45, 7) is 2.75. The molecule has 0 aromatic heterocycles. The Morgan fingerprint density at radius 2 is 1.33 bits per heavy atom. The number of hydrogen-bond acceptors (Lipinski definition) is 2. The van der Waals surface area contributed by atoms with Crippen molar-refractivity contribution >= 4 is 0 Å². The predicted molar refractivity (Wildman–Crippen MR) is 76.4 cm³/mol. The smallest absolute Gasteiger partial charge is 0.0579 e. The summed E-state index contributed by atoms with van der Waals surface area (Å²) in [7, 11) is 0. The Labute approximate surface area is 109 Å². The van der Waals surface area contributed by atoms with Gasteiger partial charge in [0.1, 0.15) is 0 Å². The minimum Gasteiger partial charge on any atom is -0.329 e. The summed E-state index contributed by atoms with van der Waals surface area (Å²) in [6.07, 6.45) is 0. The van der Waals surface area contributed by atoms with E-state index < -0.39 is 0 Å². The molecular weight excluding hydrogens is 220 g/mol. The summed E-state index contributed by atoms with van der Waals surface area (Å²) in [5.41, 5.74) is 8.25. The summed E-state index contributed by atoms with van der Waals surface area (Å²) in [5.74, 6) is 0. The molecule has 0 fully saturated rings. The Bertz CT molecular complexity index is 414. The van der Waals surface area contributed by atoms with E-state index in [9.17, 15) is 0 Å². The first-order valence-electron chi connectivity index (χ1n) is 6.37. The largest absolute Gasteiger partial charge is 0.329 e. The molecule has 0 heterocycles. The maximum atomic E-state index is 5.71. The van der Waals surface area contributed by atoms with E-state index in [0.29, 0.717) is 6.54 Å². The molecule has 0 radical (unpaired) electrons. The molecule has 0 saturated carbocycles. The molecule has 18 heavy (non-hydrogen) atoms. The van der Waals surface area contributed by atoms with Gasteiger partial charge in [-0.3, -0.25) is 0 Å². The first-order chi connectivity index (χ1) is 8.81. The quantitative estimate of drug-likeness (QED) is 0.843. The van der Waals surface area contributed by atoms with Crippen LogP contribution >= 0.6 is 0 Å². The molecule has 2 aromatic carbocycles. The van der Waals surface area contributed by atoms with E-state index in [0.717, 1.165) is 0 Å². The highest BCUT2D eigenvalue weighted by molar-refractivity contribution is 5.31. The zero-order valence-corrected chi connectivity index (χ0v) is 10.7. The topological polar surface area (TPSA) is 38.0 Å². The highest BCUT2D eigenvalue weighted by atomic mass is 15.0. The average Bonchev–Trinajstić information content (AvgIpc) is 2.46. The van der Waals surface area contributed by atoms with Crippen LogP contribution in [0.2, 0.25) is 0 Å². The van der Waals surface area contributed by atoms with Crippen molar-refractivity contribution in [3.05, 3.63) is 71.8 Å². The van der Waals surface area contributed by atoms with E-state index in [1.807, 2.05) is 12.1 Å². The van der Waals surface area contributed by atoms with Gasteiger partial charge in [0.2, 0.25) is 0 Å². The van der Waals surface area contributed by atoms with Gasteiger partial charge in [-0.1, -0.05) is 60.7 Å². The molecule has 0 bridgehead atoms. The van der Waals surface area contributed by atoms with Crippen LogP contribution in [-0.4, -0.2) is 12.6 Å². The number of rotatable bonds is 5. The van der Waals surface area contributed by atoms with Crippen molar-refractivity contribution in [3.8, 4) is 0 Å². The summed E-state index contributed by atoms with van der Waals surface area (Å²) >= 11 is 0. The molecule has 0 amide bonds. The van der Waals surface area contributed by atoms with E-state index in [4.69, 9.17) is 5.73 Å². The van der Waals surface area contributed by atoms with Crippen LogP contribution in [0.4, 0.5) is 0 Å². The van der Waals surface area contributed by atoms with Gasteiger partial charge >= 0.3 is 0 Å². The average molecular weight is 240 g/mol. The van der Waals surface area contributed by atoms with E-state index >= 15 is 0 Å². The lowest BCUT2D eigenvalue weighted by molar-refractivity contribution is 0.505.